The molecule has 28 heavy (non-hydrogen) atoms. The summed E-state index contributed by atoms with van der Waals surface area (Å²) in [6, 6.07) is 7.76. The van der Waals surface area contributed by atoms with Gasteiger partial charge in [-0.3, -0.25) is 14.9 Å². The van der Waals surface area contributed by atoms with Crippen molar-refractivity contribution in [1.82, 2.24) is 5.43 Å². The molecule has 9 nitrogen and oxygen atoms in total. The van der Waals surface area contributed by atoms with Gasteiger partial charge in [-0.1, -0.05) is 19.1 Å². The van der Waals surface area contributed by atoms with E-state index in [0.29, 0.717) is 34.8 Å². The predicted molar refractivity (Wildman–Crippen MR) is 104 cm³/mol. The lowest BCUT2D eigenvalue weighted by Gasteiger charge is -2.13. The highest BCUT2D eigenvalue weighted by Gasteiger charge is 2.17. The van der Waals surface area contributed by atoms with Gasteiger partial charge in [-0.15, -0.1) is 0 Å². The van der Waals surface area contributed by atoms with Crippen LogP contribution in [0.3, 0.4) is 0 Å². The summed E-state index contributed by atoms with van der Waals surface area (Å²) in [6.07, 6.45) is 1.88. The third kappa shape index (κ3) is 4.56. The second-order valence-corrected chi connectivity index (χ2v) is 5.61. The van der Waals surface area contributed by atoms with Crippen molar-refractivity contribution in [2.24, 2.45) is 5.10 Å². The average Bonchev–Trinajstić information content (AvgIpc) is 2.72. The summed E-state index contributed by atoms with van der Waals surface area (Å²) in [5, 5.41) is 15.0. The highest BCUT2D eigenvalue weighted by atomic mass is 16.6. The van der Waals surface area contributed by atoms with Gasteiger partial charge in [0, 0.05) is 22.8 Å². The maximum atomic E-state index is 12.4. The number of nitro benzene ring substituents is 1. The first-order valence-corrected chi connectivity index (χ1v) is 8.35. The minimum atomic E-state index is -0.504. The Morgan fingerprint density at radius 3 is 2.29 bits per heavy atom. The van der Waals surface area contributed by atoms with Gasteiger partial charge in [0.1, 0.15) is 0 Å². The van der Waals surface area contributed by atoms with Crippen LogP contribution < -0.4 is 19.6 Å². The smallest absolute Gasteiger partial charge is 0.273 e. The summed E-state index contributed by atoms with van der Waals surface area (Å²) in [5.74, 6) is 0.534. The molecule has 1 N–H and O–H groups in total. The van der Waals surface area contributed by atoms with Gasteiger partial charge in [0.05, 0.1) is 32.5 Å². The number of carbonyl (C=O) groups is 1. The molecule has 0 spiro atoms. The van der Waals surface area contributed by atoms with E-state index in [2.05, 4.69) is 10.5 Å². The minimum Gasteiger partial charge on any atom is -0.493 e. The molecule has 0 aromatic heterocycles. The Labute approximate surface area is 162 Å². The lowest BCUT2D eigenvalue weighted by molar-refractivity contribution is -0.385. The van der Waals surface area contributed by atoms with E-state index in [1.165, 1.54) is 45.7 Å². The van der Waals surface area contributed by atoms with Crippen LogP contribution in [0.1, 0.15) is 28.4 Å². The first-order valence-electron chi connectivity index (χ1n) is 8.35. The molecule has 1 amide bonds. The van der Waals surface area contributed by atoms with Crippen molar-refractivity contribution in [3.8, 4) is 17.2 Å². The van der Waals surface area contributed by atoms with Crippen LogP contribution >= 0.6 is 0 Å². The van der Waals surface area contributed by atoms with Gasteiger partial charge >= 0.3 is 0 Å². The molecule has 0 saturated carbocycles. The zero-order valence-electron chi connectivity index (χ0n) is 16.0. The van der Waals surface area contributed by atoms with Gasteiger partial charge in [0.2, 0.25) is 5.75 Å². The molecule has 0 radical (unpaired) electrons. The topological polar surface area (TPSA) is 112 Å². The number of nitrogens with zero attached hydrogens (tertiary/aromatic N) is 2. The number of hydrogen-bond acceptors (Lipinski definition) is 7. The quantitative estimate of drug-likeness (QED) is 0.423. The van der Waals surface area contributed by atoms with Crippen molar-refractivity contribution in [3.05, 3.63) is 57.1 Å². The molecular formula is C19H21N3O6. The van der Waals surface area contributed by atoms with Crippen molar-refractivity contribution in [3.63, 3.8) is 0 Å². The van der Waals surface area contributed by atoms with Crippen molar-refractivity contribution >= 4 is 17.8 Å². The van der Waals surface area contributed by atoms with Gasteiger partial charge in [0.25, 0.3) is 11.6 Å². The summed E-state index contributed by atoms with van der Waals surface area (Å²) >= 11 is 0. The molecule has 0 unspecified atom stereocenters. The van der Waals surface area contributed by atoms with Crippen LogP contribution in [0.2, 0.25) is 0 Å². The molecule has 9 heteroatoms. The zero-order valence-corrected chi connectivity index (χ0v) is 16.0. The number of hydrazone groups is 1. The van der Waals surface area contributed by atoms with E-state index in [1.807, 2.05) is 6.92 Å². The summed E-state index contributed by atoms with van der Waals surface area (Å²) in [4.78, 5) is 23.1. The van der Waals surface area contributed by atoms with Crippen molar-refractivity contribution < 1.29 is 23.9 Å². The largest absolute Gasteiger partial charge is 0.493 e. The van der Waals surface area contributed by atoms with E-state index in [4.69, 9.17) is 14.2 Å². The molecule has 2 aromatic rings. The Morgan fingerprint density at radius 2 is 1.79 bits per heavy atom. The number of carbonyl (C=O) groups excluding carboxylic acids is 1. The third-order valence-electron chi connectivity index (χ3n) is 3.99. The minimum absolute atomic E-state index is 0.0161. The van der Waals surface area contributed by atoms with Crippen LogP contribution in [0.25, 0.3) is 0 Å². The lowest BCUT2D eigenvalue weighted by atomic mass is 10.1. The van der Waals surface area contributed by atoms with Gasteiger partial charge in [-0.2, -0.15) is 5.10 Å². The Balaban J connectivity index is 2.20. The second-order valence-electron chi connectivity index (χ2n) is 5.61. The normalized spacial score (nSPS) is 10.6. The predicted octanol–water partition coefficient (Wildman–Crippen LogP) is 2.95. The molecule has 148 valence electrons. The lowest BCUT2D eigenvalue weighted by Crippen LogP contribution is -2.18. The standard InChI is InChI=1S/C19H21N3O6/c1-5-13-7-6-12(8-15(13)22(24)25)11-20-21-19(23)14-9-16(26-2)18(28-4)17(10-14)27-3/h6-11H,5H2,1-4H3,(H,21,23)/b20-11-. The fraction of sp³-hybridized carbons (Fsp3) is 0.263. The van der Waals surface area contributed by atoms with Crippen LogP contribution in [0.15, 0.2) is 35.4 Å². The maximum Gasteiger partial charge on any atom is 0.273 e. The van der Waals surface area contributed by atoms with E-state index >= 15 is 0 Å². The molecule has 0 aliphatic carbocycles. The van der Waals surface area contributed by atoms with E-state index in [9.17, 15) is 14.9 Å². The summed E-state index contributed by atoms with van der Waals surface area (Å²) in [5.41, 5.74) is 3.76. The molecule has 0 aliphatic rings. The Bertz CT molecular complexity index is 886. The van der Waals surface area contributed by atoms with E-state index < -0.39 is 10.8 Å². The van der Waals surface area contributed by atoms with Crippen LogP contribution in [-0.4, -0.2) is 38.4 Å². The van der Waals surface area contributed by atoms with Crippen LogP contribution in [0.4, 0.5) is 5.69 Å². The number of nitro groups is 1. The third-order valence-corrected chi connectivity index (χ3v) is 3.99. The molecule has 0 heterocycles. The van der Waals surface area contributed by atoms with Gasteiger partial charge in [-0.25, -0.2) is 5.43 Å². The number of rotatable bonds is 8. The van der Waals surface area contributed by atoms with E-state index in [0.717, 1.165) is 0 Å². The average molecular weight is 387 g/mol. The molecule has 0 atom stereocenters. The molecule has 0 aliphatic heterocycles. The van der Waals surface area contributed by atoms with E-state index in [-0.39, 0.29) is 11.3 Å². The number of amides is 1. The molecule has 2 rings (SSSR count). The SMILES string of the molecule is CCc1ccc(/C=N\NC(=O)c2cc(OC)c(OC)c(OC)c2)cc1[N+](=O)[O-]. The number of ether oxygens (including phenoxy) is 3. The number of nitrogens with one attached hydrogen (secondary N) is 1. The molecular weight excluding hydrogens is 366 g/mol. The highest BCUT2D eigenvalue weighted by molar-refractivity contribution is 5.96. The van der Waals surface area contributed by atoms with Crippen LogP contribution in [0.5, 0.6) is 17.2 Å². The van der Waals surface area contributed by atoms with Crippen molar-refractivity contribution in [2.75, 3.05) is 21.3 Å². The number of aryl methyl sites for hydroxylation is 1. The van der Waals surface area contributed by atoms with E-state index in [1.54, 1.807) is 12.1 Å². The zero-order chi connectivity index (χ0) is 20.7. The summed E-state index contributed by atoms with van der Waals surface area (Å²) in [6.45, 7) is 1.84. The first kappa shape index (κ1) is 20.7. The Kier molecular flexibility index (Phi) is 6.91. The fourth-order valence-electron chi connectivity index (χ4n) is 2.57. The maximum absolute atomic E-state index is 12.4. The molecule has 0 saturated heterocycles. The van der Waals surface area contributed by atoms with Gasteiger partial charge in [0.15, 0.2) is 11.5 Å². The van der Waals surface area contributed by atoms with Gasteiger partial charge in [-0.05, 0) is 18.6 Å². The van der Waals surface area contributed by atoms with Crippen molar-refractivity contribution in [1.29, 1.82) is 0 Å². The molecule has 2 aromatic carbocycles. The van der Waals surface area contributed by atoms with Crippen LogP contribution in [0, 0.1) is 10.1 Å². The fourth-order valence-corrected chi connectivity index (χ4v) is 2.57. The Hall–Kier alpha value is -3.62. The molecule has 0 bridgehead atoms. The number of hydrogen-bond donors (Lipinski definition) is 1. The monoisotopic (exact) mass is 387 g/mol. The first-order chi connectivity index (χ1) is 13.4. The molecule has 0 fully saturated rings. The Morgan fingerprint density at radius 1 is 1.14 bits per heavy atom. The van der Waals surface area contributed by atoms with Gasteiger partial charge < -0.3 is 14.2 Å². The van der Waals surface area contributed by atoms with Crippen molar-refractivity contribution in [2.45, 2.75) is 13.3 Å². The summed E-state index contributed by atoms with van der Waals surface area (Å²) in [7, 11) is 4.36. The van der Waals surface area contributed by atoms with Crippen LogP contribution in [-0.2, 0) is 6.42 Å². The summed E-state index contributed by atoms with van der Waals surface area (Å²) < 4.78 is 15.6. The highest BCUT2D eigenvalue weighted by Crippen LogP contribution is 2.38. The number of methoxy groups -OCH3 is 3. The second kappa shape index (κ2) is 9.36. The number of benzene rings is 2.